The van der Waals surface area contributed by atoms with Crippen molar-refractivity contribution in [2.45, 2.75) is 47.2 Å². The van der Waals surface area contributed by atoms with E-state index in [-0.39, 0.29) is 17.6 Å². The van der Waals surface area contributed by atoms with Crippen molar-refractivity contribution in [2.75, 3.05) is 14.2 Å². The number of hydrogen-bond acceptors (Lipinski definition) is 4. The Morgan fingerprint density at radius 1 is 1.23 bits per heavy atom. The van der Waals surface area contributed by atoms with Crippen LogP contribution in [0.3, 0.4) is 0 Å². The monoisotopic (exact) mass is 356 g/mol. The number of rotatable bonds is 7. The molecule has 2 rings (SSSR count). The van der Waals surface area contributed by atoms with Crippen LogP contribution in [0.5, 0.6) is 5.75 Å². The summed E-state index contributed by atoms with van der Waals surface area (Å²) in [4.78, 5) is 29.9. The second-order valence-corrected chi connectivity index (χ2v) is 6.95. The molecule has 5 heteroatoms. The quantitative estimate of drug-likeness (QED) is 0.765. The number of carbonyl (C=O) groups excluding carboxylic acids is 2. The SMILES string of the molecule is COc1ccc(C)cc1CN(C)[C@@H](C)C(=O)c1[nH]c(C)c(C(C)=O)c1C. The molecule has 0 aliphatic carbocycles. The Morgan fingerprint density at radius 2 is 1.88 bits per heavy atom. The standard InChI is InChI=1S/C21H28N2O3/c1-12-8-9-18(26-7)17(10-12)11-23(6)15(4)21(25)20-13(2)19(16(5)24)14(3)22-20/h8-10,15,22H,11H2,1-7H3/t15-/m0/s1. The zero-order chi connectivity index (χ0) is 19.6. The van der Waals surface area contributed by atoms with E-state index in [1.54, 1.807) is 7.11 Å². The molecule has 1 N–H and O–H groups in total. The van der Waals surface area contributed by atoms with Crippen molar-refractivity contribution < 1.29 is 14.3 Å². The minimum atomic E-state index is -0.336. The van der Waals surface area contributed by atoms with Crippen LogP contribution in [0.1, 0.15) is 57.1 Å². The predicted molar refractivity (Wildman–Crippen MR) is 103 cm³/mol. The summed E-state index contributed by atoms with van der Waals surface area (Å²) in [7, 11) is 3.57. The Balaban J connectivity index is 2.25. The van der Waals surface area contributed by atoms with Crippen molar-refractivity contribution >= 4 is 11.6 Å². The van der Waals surface area contributed by atoms with Crippen LogP contribution in [0.15, 0.2) is 18.2 Å². The fourth-order valence-electron chi connectivity index (χ4n) is 3.37. The maximum atomic E-state index is 13.0. The van der Waals surface area contributed by atoms with E-state index in [1.165, 1.54) is 6.92 Å². The average molecular weight is 356 g/mol. The van der Waals surface area contributed by atoms with Gasteiger partial charge in [-0.15, -0.1) is 0 Å². The number of H-pyrrole nitrogens is 1. The minimum Gasteiger partial charge on any atom is -0.496 e. The number of likely N-dealkylation sites (N-methyl/N-ethyl adjacent to an activating group) is 1. The molecule has 1 aromatic heterocycles. The van der Waals surface area contributed by atoms with Gasteiger partial charge >= 0.3 is 0 Å². The number of nitrogens with zero attached hydrogens (tertiary/aromatic N) is 1. The van der Waals surface area contributed by atoms with Gasteiger partial charge in [0.2, 0.25) is 0 Å². The van der Waals surface area contributed by atoms with E-state index in [9.17, 15) is 9.59 Å². The number of benzene rings is 1. The van der Waals surface area contributed by atoms with Crippen molar-refractivity contribution in [1.29, 1.82) is 0 Å². The topological polar surface area (TPSA) is 62.4 Å². The van der Waals surface area contributed by atoms with Gasteiger partial charge in [0.1, 0.15) is 5.75 Å². The van der Waals surface area contributed by atoms with Crippen LogP contribution in [0.4, 0.5) is 0 Å². The first-order valence-corrected chi connectivity index (χ1v) is 8.75. The second-order valence-electron chi connectivity index (χ2n) is 6.95. The largest absolute Gasteiger partial charge is 0.496 e. The molecular formula is C21H28N2O3. The number of Topliss-reactive ketones (excluding diaryl/α,β-unsaturated/α-hetero) is 2. The maximum absolute atomic E-state index is 13.0. The summed E-state index contributed by atoms with van der Waals surface area (Å²) in [5, 5.41) is 0. The van der Waals surface area contributed by atoms with Gasteiger partial charge in [0.25, 0.3) is 0 Å². The number of aromatic amines is 1. The molecule has 1 aromatic carbocycles. The summed E-state index contributed by atoms with van der Waals surface area (Å²) in [6.07, 6.45) is 0. The van der Waals surface area contributed by atoms with Gasteiger partial charge in [-0.25, -0.2) is 0 Å². The Kier molecular flexibility index (Phi) is 6.03. The first-order chi connectivity index (χ1) is 12.2. The summed E-state index contributed by atoms with van der Waals surface area (Å²) in [5.74, 6) is 0.765. The van der Waals surface area contributed by atoms with Crippen LogP contribution < -0.4 is 4.74 Å². The Morgan fingerprint density at radius 3 is 2.42 bits per heavy atom. The van der Waals surface area contributed by atoms with E-state index in [2.05, 4.69) is 11.1 Å². The zero-order valence-electron chi connectivity index (χ0n) is 16.7. The third-order valence-corrected chi connectivity index (χ3v) is 4.93. The van der Waals surface area contributed by atoms with Gasteiger partial charge in [-0.2, -0.15) is 0 Å². The molecular weight excluding hydrogens is 328 g/mol. The summed E-state index contributed by atoms with van der Waals surface area (Å²) < 4.78 is 5.44. The highest BCUT2D eigenvalue weighted by atomic mass is 16.5. The lowest BCUT2D eigenvalue weighted by atomic mass is 10.0. The van der Waals surface area contributed by atoms with Crippen molar-refractivity contribution in [2.24, 2.45) is 0 Å². The van der Waals surface area contributed by atoms with E-state index < -0.39 is 0 Å². The Labute approximate surface area is 155 Å². The molecule has 0 spiro atoms. The third kappa shape index (κ3) is 3.88. The first kappa shape index (κ1) is 19.9. The summed E-state index contributed by atoms with van der Waals surface area (Å²) >= 11 is 0. The van der Waals surface area contributed by atoms with Gasteiger partial charge in [-0.3, -0.25) is 14.5 Å². The van der Waals surface area contributed by atoms with Crippen LogP contribution in [0, 0.1) is 20.8 Å². The van der Waals surface area contributed by atoms with Crippen LogP contribution in [0.2, 0.25) is 0 Å². The smallest absolute Gasteiger partial charge is 0.196 e. The van der Waals surface area contributed by atoms with Crippen molar-refractivity contribution in [3.05, 3.63) is 51.8 Å². The van der Waals surface area contributed by atoms with Gasteiger partial charge < -0.3 is 9.72 Å². The fourth-order valence-corrected chi connectivity index (χ4v) is 3.37. The number of ether oxygens (including phenoxy) is 1. The Bertz CT molecular complexity index is 836. The van der Waals surface area contributed by atoms with E-state index in [0.717, 1.165) is 28.1 Å². The highest BCUT2D eigenvalue weighted by Crippen LogP contribution is 2.24. The maximum Gasteiger partial charge on any atom is 0.196 e. The summed E-state index contributed by atoms with van der Waals surface area (Å²) in [6.45, 7) is 9.68. The lowest BCUT2D eigenvalue weighted by Crippen LogP contribution is -2.36. The molecule has 0 fully saturated rings. The lowest BCUT2D eigenvalue weighted by molar-refractivity contribution is 0.0856. The van der Waals surface area contributed by atoms with Crippen LogP contribution >= 0.6 is 0 Å². The number of ketones is 2. The van der Waals surface area contributed by atoms with Crippen LogP contribution in [-0.2, 0) is 6.54 Å². The molecule has 0 radical (unpaired) electrons. The van der Waals surface area contributed by atoms with Crippen LogP contribution in [-0.4, -0.2) is 41.6 Å². The number of carbonyl (C=O) groups is 2. The molecule has 5 nitrogen and oxygen atoms in total. The normalized spacial score (nSPS) is 12.3. The highest BCUT2D eigenvalue weighted by molar-refractivity contribution is 6.05. The van der Waals surface area contributed by atoms with Gasteiger partial charge in [0, 0.05) is 23.4 Å². The van der Waals surface area contributed by atoms with E-state index >= 15 is 0 Å². The van der Waals surface area contributed by atoms with Gasteiger partial charge in [0.05, 0.1) is 18.8 Å². The number of hydrogen-bond donors (Lipinski definition) is 1. The predicted octanol–water partition coefficient (Wildman–Crippen LogP) is 3.85. The highest BCUT2D eigenvalue weighted by Gasteiger charge is 2.26. The molecule has 0 aliphatic heterocycles. The number of aromatic nitrogens is 1. The molecule has 0 saturated carbocycles. The number of methoxy groups -OCH3 is 1. The number of nitrogens with one attached hydrogen (secondary N) is 1. The number of aryl methyl sites for hydroxylation is 2. The van der Waals surface area contributed by atoms with Crippen molar-refractivity contribution in [1.82, 2.24) is 9.88 Å². The fraction of sp³-hybridized carbons (Fsp3) is 0.429. The second kappa shape index (κ2) is 7.87. The van der Waals surface area contributed by atoms with Crippen LogP contribution in [0.25, 0.3) is 0 Å². The van der Waals surface area contributed by atoms with E-state index in [4.69, 9.17) is 4.74 Å². The molecule has 0 amide bonds. The molecule has 2 aromatic rings. The molecule has 0 aliphatic rings. The molecule has 1 heterocycles. The van der Waals surface area contributed by atoms with E-state index in [1.807, 2.05) is 51.8 Å². The van der Waals surface area contributed by atoms with Crippen molar-refractivity contribution in [3.63, 3.8) is 0 Å². The molecule has 0 unspecified atom stereocenters. The van der Waals surface area contributed by atoms with Gasteiger partial charge in [0.15, 0.2) is 11.6 Å². The lowest BCUT2D eigenvalue weighted by Gasteiger charge is -2.24. The van der Waals surface area contributed by atoms with E-state index in [0.29, 0.717) is 17.8 Å². The molecule has 26 heavy (non-hydrogen) atoms. The third-order valence-electron chi connectivity index (χ3n) is 4.93. The summed E-state index contributed by atoms with van der Waals surface area (Å²) in [6, 6.07) is 5.69. The minimum absolute atomic E-state index is 0.0211. The van der Waals surface area contributed by atoms with Crippen molar-refractivity contribution in [3.8, 4) is 5.75 Å². The average Bonchev–Trinajstić information content (AvgIpc) is 2.88. The zero-order valence-corrected chi connectivity index (χ0v) is 16.7. The first-order valence-electron chi connectivity index (χ1n) is 8.75. The molecule has 0 saturated heterocycles. The summed E-state index contributed by atoms with van der Waals surface area (Å²) in [5.41, 5.74) is 4.79. The molecule has 1 atom stereocenters. The van der Waals surface area contributed by atoms with Gasteiger partial charge in [-0.05, 0) is 53.3 Å². The van der Waals surface area contributed by atoms with Gasteiger partial charge in [-0.1, -0.05) is 17.7 Å². The molecule has 140 valence electrons. The Hall–Kier alpha value is -2.40. The molecule has 0 bridgehead atoms.